The van der Waals surface area contributed by atoms with Gasteiger partial charge in [0, 0.05) is 17.6 Å². The van der Waals surface area contributed by atoms with Gasteiger partial charge in [-0.1, -0.05) is 0 Å². The summed E-state index contributed by atoms with van der Waals surface area (Å²) in [5, 5.41) is 0. The van der Waals surface area contributed by atoms with Gasteiger partial charge in [-0.2, -0.15) is 0 Å². The maximum atomic E-state index is 12.2. The highest BCUT2D eigenvalue weighted by Crippen LogP contribution is 2.25. The minimum absolute atomic E-state index is 0.0802. The molecule has 2 fully saturated rings. The maximum absolute atomic E-state index is 12.2. The quantitative estimate of drug-likeness (QED) is 0.768. The zero-order chi connectivity index (χ0) is 11.8. The Morgan fingerprint density at radius 2 is 2.35 bits per heavy atom. The lowest BCUT2D eigenvalue weighted by molar-refractivity contribution is -0.154. The fourth-order valence-electron chi connectivity index (χ4n) is 2.51. The molecule has 0 aromatic carbocycles. The molecule has 5 nitrogen and oxygen atoms in total. The number of carbonyl (C=O) groups excluding carboxylic acids is 2. The van der Waals surface area contributed by atoms with E-state index in [2.05, 4.69) is 4.98 Å². The third kappa shape index (κ3) is 1.82. The van der Waals surface area contributed by atoms with Gasteiger partial charge in [0.25, 0.3) is 0 Å². The number of carbonyl (C=O) groups is 2. The van der Waals surface area contributed by atoms with Crippen LogP contribution in [0.5, 0.6) is 0 Å². The van der Waals surface area contributed by atoms with Crippen molar-refractivity contribution in [1.82, 2.24) is 14.8 Å². The molecule has 1 unspecified atom stereocenters. The van der Waals surface area contributed by atoms with Crippen molar-refractivity contribution in [3.05, 3.63) is 16.6 Å². The van der Waals surface area contributed by atoms with Crippen molar-refractivity contribution >= 4 is 23.2 Å². The van der Waals surface area contributed by atoms with Crippen molar-refractivity contribution in [3.63, 3.8) is 0 Å². The van der Waals surface area contributed by atoms with Crippen LogP contribution in [0.1, 0.15) is 17.7 Å². The summed E-state index contributed by atoms with van der Waals surface area (Å²) >= 11 is 1.52. The van der Waals surface area contributed by atoms with Gasteiger partial charge in [0.15, 0.2) is 0 Å². The largest absolute Gasteiger partial charge is 0.329 e. The molecule has 0 bridgehead atoms. The van der Waals surface area contributed by atoms with Crippen LogP contribution in [-0.4, -0.2) is 45.7 Å². The Hall–Kier alpha value is -1.43. The summed E-state index contributed by atoms with van der Waals surface area (Å²) in [6.45, 7) is 1.47. The number of hydrogen-bond donors (Lipinski definition) is 0. The number of piperazine rings is 1. The Labute approximate surface area is 103 Å². The van der Waals surface area contributed by atoms with Crippen LogP contribution in [0.2, 0.25) is 0 Å². The van der Waals surface area contributed by atoms with Crippen LogP contribution in [0, 0.1) is 0 Å². The van der Waals surface area contributed by atoms with E-state index < -0.39 is 0 Å². The predicted octanol–water partition coefficient (Wildman–Crippen LogP) is 0.476. The van der Waals surface area contributed by atoms with Crippen molar-refractivity contribution in [2.24, 2.45) is 0 Å². The number of thiazole rings is 1. The summed E-state index contributed by atoms with van der Waals surface area (Å²) in [6, 6.07) is -0.204. The average molecular weight is 251 g/mol. The molecule has 0 radical (unpaired) electrons. The lowest BCUT2D eigenvalue weighted by Crippen LogP contribution is -2.56. The molecule has 0 spiro atoms. The van der Waals surface area contributed by atoms with Crippen LogP contribution in [0.3, 0.4) is 0 Å². The van der Waals surface area contributed by atoms with Gasteiger partial charge in [-0.3, -0.25) is 14.6 Å². The Morgan fingerprint density at radius 1 is 1.47 bits per heavy atom. The Bertz CT molecular complexity index is 446. The third-order valence-electron chi connectivity index (χ3n) is 3.33. The number of hydrogen-bond acceptors (Lipinski definition) is 4. The lowest BCUT2D eigenvalue weighted by atomic mass is 10.1. The van der Waals surface area contributed by atoms with E-state index in [9.17, 15) is 9.59 Å². The first-order valence-electron chi connectivity index (χ1n) is 5.71. The zero-order valence-electron chi connectivity index (χ0n) is 9.33. The van der Waals surface area contributed by atoms with Crippen LogP contribution < -0.4 is 0 Å². The molecule has 1 aromatic rings. The van der Waals surface area contributed by atoms with Crippen molar-refractivity contribution in [2.45, 2.75) is 25.4 Å². The van der Waals surface area contributed by atoms with Gasteiger partial charge in [-0.05, 0) is 12.8 Å². The smallest absolute Gasteiger partial charge is 0.246 e. The summed E-state index contributed by atoms with van der Waals surface area (Å²) in [7, 11) is 0. The van der Waals surface area contributed by atoms with Gasteiger partial charge >= 0.3 is 0 Å². The van der Waals surface area contributed by atoms with Crippen molar-refractivity contribution in [2.75, 3.05) is 13.1 Å². The standard InChI is InChI=1S/C11H13N3O2S/c15-10-6-13(5-8-4-12-7-17-8)11(16)9-2-1-3-14(9)10/h4,7,9H,1-3,5-6H2. The molecule has 6 heteroatoms. The topological polar surface area (TPSA) is 53.5 Å². The second kappa shape index (κ2) is 4.10. The van der Waals surface area contributed by atoms with Crippen LogP contribution in [-0.2, 0) is 16.1 Å². The van der Waals surface area contributed by atoms with Crippen LogP contribution in [0.25, 0.3) is 0 Å². The molecule has 0 N–H and O–H groups in total. The molecule has 1 aromatic heterocycles. The highest BCUT2D eigenvalue weighted by molar-refractivity contribution is 7.09. The van der Waals surface area contributed by atoms with E-state index in [0.717, 1.165) is 24.3 Å². The van der Waals surface area contributed by atoms with Crippen molar-refractivity contribution < 1.29 is 9.59 Å². The summed E-state index contributed by atoms with van der Waals surface area (Å²) in [4.78, 5) is 32.5. The van der Waals surface area contributed by atoms with Gasteiger partial charge in [0.2, 0.25) is 11.8 Å². The molecular formula is C11H13N3O2S. The molecule has 2 aliphatic rings. The molecule has 17 heavy (non-hydrogen) atoms. The minimum Gasteiger partial charge on any atom is -0.329 e. The van der Waals surface area contributed by atoms with E-state index in [-0.39, 0.29) is 24.4 Å². The predicted molar refractivity (Wildman–Crippen MR) is 62.3 cm³/mol. The van der Waals surface area contributed by atoms with Gasteiger partial charge in [0.1, 0.15) is 12.6 Å². The molecule has 2 aliphatic heterocycles. The maximum Gasteiger partial charge on any atom is 0.246 e. The Morgan fingerprint density at radius 3 is 3.12 bits per heavy atom. The first-order valence-corrected chi connectivity index (χ1v) is 6.59. The highest BCUT2D eigenvalue weighted by Gasteiger charge is 2.41. The highest BCUT2D eigenvalue weighted by atomic mass is 32.1. The van der Waals surface area contributed by atoms with E-state index in [1.54, 1.807) is 21.5 Å². The van der Waals surface area contributed by atoms with E-state index in [1.807, 2.05) is 0 Å². The zero-order valence-corrected chi connectivity index (χ0v) is 10.2. The Balaban J connectivity index is 1.77. The monoisotopic (exact) mass is 251 g/mol. The summed E-state index contributed by atoms with van der Waals surface area (Å²) in [6.07, 6.45) is 3.50. The lowest BCUT2D eigenvalue weighted by Gasteiger charge is -2.36. The first kappa shape index (κ1) is 10.7. The minimum atomic E-state index is -0.204. The van der Waals surface area contributed by atoms with Crippen molar-refractivity contribution in [3.8, 4) is 0 Å². The van der Waals surface area contributed by atoms with E-state index in [1.165, 1.54) is 11.3 Å². The molecule has 3 rings (SSSR count). The van der Waals surface area contributed by atoms with Gasteiger partial charge in [0.05, 0.1) is 12.1 Å². The number of aromatic nitrogens is 1. The number of nitrogens with zero attached hydrogens (tertiary/aromatic N) is 3. The van der Waals surface area contributed by atoms with Crippen molar-refractivity contribution in [1.29, 1.82) is 0 Å². The SMILES string of the molecule is O=C1C2CCCN2C(=O)CN1Cc1cncs1. The van der Waals surface area contributed by atoms with Crippen LogP contribution in [0.4, 0.5) is 0 Å². The molecule has 0 saturated carbocycles. The number of rotatable bonds is 2. The fourth-order valence-corrected chi connectivity index (χ4v) is 3.12. The van der Waals surface area contributed by atoms with Gasteiger partial charge in [-0.25, -0.2) is 0 Å². The molecule has 2 saturated heterocycles. The summed E-state index contributed by atoms with van der Waals surface area (Å²) < 4.78 is 0. The second-order valence-electron chi connectivity index (χ2n) is 4.41. The molecule has 0 aliphatic carbocycles. The first-order chi connectivity index (χ1) is 8.25. The number of amides is 2. The van der Waals surface area contributed by atoms with Crippen LogP contribution >= 0.6 is 11.3 Å². The molecular weight excluding hydrogens is 238 g/mol. The van der Waals surface area contributed by atoms with Crippen LogP contribution in [0.15, 0.2) is 11.7 Å². The molecule has 3 heterocycles. The Kier molecular flexibility index (Phi) is 2.58. The molecule has 2 amide bonds. The molecule has 1 atom stereocenters. The number of fused-ring (bicyclic) bond motifs is 1. The average Bonchev–Trinajstić information content (AvgIpc) is 2.96. The third-order valence-corrected chi connectivity index (χ3v) is 4.09. The van der Waals surface area contributed by atoms with E-state index >= 15 is 0 Å². The molecule has 90 valence electrons. The van der Waals surface area contributed by atoms with Gasteiger partial charge in [-0.15, -0.1) is 11.3 Å². The fraction of sp³-hybridized carbons (Fsp3) is 0.545. The normalized spacial score (nSPS) is 24.4. The van der Waals surface area contributed by atoms with Gasteiger partial charge < -0.3 is 9.80 Å². The summed E-state index contributed by atoms with van der Waals surface area (Å²) in [5.41, 5.74) is 1.74. The second-order valence-corrected chi connectivity index (χ2v) is 5.38. The van der Waals surface area contributed by atoms with E-state index in [0.29, 0.717) is 6.54 Å². The van der Waals surface area contributed by atoms with E-state index in [4.69, 9.17) is 0 Å². The summed E-state index contributed by atoms with van der Waals surface area (Å²) in [5.74, 6) is 0.173.